The first-order valence-corrected chi connectivity index (χ1v) is 11.4. The monoisotopic (exact) mass is 439 g/mol. The topological polar surface area (TPSA) is 91.5 Å². The molecule has 2 aromatic carbocycles. The van der Waals surface area contributed by atoms with Crippen LogP contribution in [0.3, 0.4) is 0 Å². The number of aliphatic hydroxyl groups is 3. The van der Waals surface area contributed by atoms with Crippen molar-refractivity contribution in [3.8, 4) is 0 Å². The van der Waals surface area contributed by atoms with Gasteiger partial charge in [0.15, 0.2) is 12.0 Å². The Morgan fingerprint density at radius 1 is 1.00 bits per heavy atom. The zero-order valence-electron chi connectivity index (χ0n) is 19.0. The highest BCUT2D eigenvalue weighted by atomic mass is 16.6. The van der Waals surface area contributed by atoms with Gasteiger partial charge in [0.1, 0.15) is 18.3 Å². The van der Waals surface area contributed by atoms with Crippen LogP contribution in [0.1, 0.15) is 54.5 Å². The first-order valence-electron chi connectivity index (χ1n) is 11.4. The van der Waals surface area contributed by atoms with Gasteiger partial charge in [0.25, 0.3) is 0 Å². The Kier molecular flexibility index (Phi) is 6.67. The highest BCUT2D eigenvalue weighted by Gasteiger charge is 2.59. The third-order valence-electron chi connectivity index (χ3n) is 6.56. The SMILES string of the molecule is CCCCc1ccc(Cc2cc(C34N=C(C)OC3[C@@H](O)[C@H](O)[C@@H](CO)O4)ccc2C)cc1. The highest BCUT2D eigenvalue weighted by Crippen LogP contribution is 2.45. The van der Waals surface area contributed by atoms with E-state index in [1.165, 1.54) is 24.0 Å². The lowest BCUT2D eigenvalue weighted by atomic mass is 9.85. The second-order valence-corrected chi connectivity index (χ2v) is 8.92. The van der Waals surface area contributed by atoms with Crippen LogP contribution in [0.25, 0.3) is 0 Å². The summed E-state index contributed by atoms with van der Waals surface area (Å²) in [6.07, 6.45) is -0.0863. The van der Waals surface area contributed by atoms with E-state index in [-0.39, 0.29) is 0 Å². The van der Waals surface area contributed by atoms with Crippen LogP contribution in [0, 0.1) is 6.92 Å². The van der Waals surface area contributed by atoms with E-state index in [4.69, 9.17) is 9.47 Å². The molecule has 0 saturated carbocycles. The molecule has 6 nitrogen and oxygen atoms in total. The van der Waals surface area contributed by atoms with Crippen molar-refractivity contribution in [3.05, 3.63) is 70.3 Å². The fraction of sp³-hybridized carbons (Fsp3) is 0.500. The predicted octanol–water partition coefficient (Wildman–Crippen LogP) is 3.01. The fourth-order valence-electron chi connectivity index (χ4n) is 4.63. The van der Waals surface area contributed by atoms with Gasteiger partial charge in [-0.15, -0.1) is 0 Å². The van der Waals surface area contributed by atoms with Crippen molar-refractivity contribution < 1.29 is 24.8 Å². The Balaban J connectivity index is 1.65. The molecule has 2 aromatic rings. The maximum absolute atomic E-state index is 10.7. The minimum Gasteiger partial charge on any atom is -0.469 e. The van der Waals surface area contributed by atoms with Crippen LogP contribution in [0.15, 0.2) is 47.5 Å². The van der Waals surface area contributed by atoms with Crippen molar-refractivity contribution >= 4 is 5.90 Å². The summed E-state index contributed by atoms with van der Waals surface area (Å²) in [4.78, 5) is 4.60. The minimum absolute atomic E-state index is 0.379. The molecule has 6 heteroatoms. The number of unbranched alkanes of at least 4 members (excludes halogenated alkanes) is 1. The quantitative estimate of drug-likeness (QED) is 0.617. The zero-order valence-corrected chi connectivity index (χ0v) is 19.0. The molecule has 2 heterocycles. The van der Waals surface area contributed by atoms with E-state index in [1.807, 2.05) is 18.2 Å². The number of fused-ring (bicyclic) bond motifs is 1. The summed E-state index contributed by atoms with van der Waals surface area (Å²) in [6, 6.07) is 14.7. The third-order valence-corrected chi connectivity index (χ3v) is 6.56. The first-order chi connectivity index (χ1) is 15.4. The summed E-state index contributed by atoms with van der Waals surface area (Å²) in [5.74, 6) is 0.379. The molecule has 0 aromatic heterocycles. The van der Waals surface area contributed by atoms with Crippen LogP contribution in [0.2, 0.25) is 0 Å². The Morgan fingerprint density at radius 3 is 2.41 bits per heavy atom. The summed E-state index contributed by atoms with van der Waals surface area (Å²) in [5.41, 5.74) is 4.28. The largest absolute Gasteiger partial charge is 0.469 e. The molecular weight excluding hydrogens is 406 g/mol. The number of hydrogen-bond donors (Lipinski definition) is 3. The van der Waals surface area contributed by atoms with E-state index in [2.05, 4.69) is 43.1 Å². The molecular formula is C26H33NO5. The molecule has 172 valence electrons. The molecule has 3 N–H and O–H groups in total. The second-order valence-electron chi connectivity index (χ2n) is 8.92. The Hall–Kier alpha value is -2.25. The van der Waals surface area contributed by atoms with Gasteiger partial charge in [-0.3, -0.25) is 0 Å². The van der Waals surface area contributed by atoms with Gasteiger partial charge >= 0.3 is 0 Å². The normalized spacial score (nSPS) is 29.4. The van der Waals surface area contributed by atoms with E-state index in [0.29, 0.717) is 5.90 Å². The number of aliphatic imine (C=N–C) groups is 1. The van der Waals surface area contributed by atoms with Gasteiger partial charge in [0, 0.05) is 12.5 Å². The average molecular weight is 440 g/mol. The van der Waals surface area contributed by atoms with Gasteiger partial charge in [-0.25, -0.2) is 4.99 Å². The standard InChI is InChI=1S/C26H33NO5/c1-4-5-6-18-8-10-19(11-9-18)13-20-14-21(12-7-16(20)2)26-25(31-17(3)27-26)24(30)23(29)22(15-28)32-26/h7-12,14,22-25,28-30H,4-6,13,15H2,1-3H3/t22-,23-,24+,25?,26?/m1/s1. The van der Waals surface area contributed by atoms with Gasteiger partial charge in [-0.1, -0.05) is 55.8 Å². The Bertz CT molecular complexity index is 973. The second kappa shape index (κ2) is 9.32. The molecule has 2 unspecified atom stereocenters. The molecule has 0 bridgehead atoms. The van der Waals surface area contributed by atoms with Crippen molar-refractivity contribution in [2.45, 2.75) is 76.6 Å². The number of benzene rings is 2. The third kappa shape index (κ3) is 4.20. The molecule has 32 heavy (non-hydrogen) atoms. The van der Waals surface area contributed by atoms with Crippen molar-refractivity contribution in [2.75, 3.05) is 6.61 Å². The average Bonchev–Trinajstić information content (AvgIpc) is 3.14. The summed E-state index contributed by atoms with van der Waals surface area (Å²) >= 11 is 0. The van der Waals surface area contributed by atoms with Crippen molar-refractivity contribution in [2.24, 2.45) is 4.99 Å². The number of aliphatic hydroxyl groups excluding tert-OH is 3. The maximum Gasteiger partial charge on any atom is 0.228 e. The van der Waals surface area contributed by atoms with E-state index >= 15 is 0 Å². The van der Waals surface area contributed by atoms with Crippen molar-refractivity contribution in [1.82, 2.24) is 0 Å². The van der Waals surface area contributed by atoms with Crippen LogP contribution in [0.5, 0.6) is 0 Å². The summed E-state index contributed by atoms with van der Waals surface area (Å²) in [7, 11) is 0. The van der Waals surface area contributed by atoms with E-state index in [0.717, 1.165) is 29.5 Å². The van der Waals surface area contributed by atoms with Crippen LogP contribution in [-0.4, -0.2) is 52.2 Å². The lowest BCUT2D eigenvalue weighted by Gasteiger charge is -2.44. The van der Waals surface area contributed by atoms with Crippen molar-refractivity contribution in [1.29, 1.82) is 0 Å². The van der Waals surface area contributed by atoms with E-state index < -0.39 is 36.7 Å². The zero-order chi connectivity index (χ0) is 22.9. The minimum atomic E-state index is -1.30. The fourth-order valence-corrected chi connectivity index (χ4v) is 4.63. The molecule has 4 rings (SSSR count). The van der Waals surface area contributed by atoms with Crippen LogP contribution >= 0.6 is 0 Å². The van der Waals surface area contributed by atoms with E-state index in [9.17, 15) is 15.3 Å². The molecule has 1 saturated heterocycles. The molecule has 0 aliphatic carbocycles. The smallest absolute Gasteiger partial charge is 0.228 e. The maximum atomic E-state index is 10.7. The molecule has 5 atom stereocenters. The summed E-state index contributed by atoms with van der Waals surface area (Å²) < 4.78 is 11.9. The van der Waals surface area contributed by atoms with Crippen LogP contribution < -0.4 is 0 Å². The van der Waals surface area contributed by atoms with Gasteiger partial charge in [-0.05, 0) is 48.4 Å². The Morgan fingerprint density at radius 2 is 1.72 bits per heavy atom. The number of nitrogens with zero attached hydrogens (tertiary/aromatic N) is 1. The highest BCUT2D eigenvalue weighted by molar-refractivity contribution is 5.76. The predicted molar refractivity (Wildman–Crippen MR) is 123 cm³/mol. The number of ether oxygens (including phenoxy) is 2. The lowest BCUT2D eigenvalue weighted by Crippen LogP contribution is -2.61. The van der Waals surface area contributed by atoms with Gasteiger partial charge in [0.05, 0.1) is 6.61 Å². The molecule has 2 aliphatic rings. The number of rotatable bonds is 7. The van der Waals surface area contributed by atoms with Gasteiger partial charge in [-0.2, -0.15) is 0 Å². The van der Waals surface area contributed by atoms with Crippen LogP contribution in [-0.2, 0) is 28.0 Å². The van der Waals surface area contributed by atoms with Crippen molar-refractivity contribution in [3.63, 3.8) is 0 Å². The number of aryl methyl sites for hydroxylation is 2. The molecule has 0 amide bonds. The number of hydrogen-bond acceptors (Lipinski definition) is 6. The van der Waals surface area contributed by atoms with Crippen LogP contribution in [0.4, 0.5) is 0 Å². The van der Waals surface area contributed by atoms with Gasteiger partial charge in [0.2, 0.25) is 5.72 Å². The molecule has 1 fully saturated rings. The summed E-state index contributed by atoms with van der Waals surface area (Å²) in [5, 5.41) is 30.7. The lowest BCUT2D eigenvalue weighted by molar-refractivity contribution is -0.262. The van der Waals surface area contributed by atoms with Gasteiger partial charge < -0.3 is 24.8 Å². The molecule has 0 spiro atoms. The molecule has 0 radical (unpaired) electrons. The first kappa shape index (κ1) is 22.9. The van der Waals surface area contributed by atoms with E-state index in [1.54, 1.807) is 6.92 Å². The summed E-state index contributed by atoms with van der Waals surface area (Å²) in [6.45, 7) is 5.55. The Labute approximate surface area is 189 Å². The molecule has 2 aliphatic heterocycles.